The molecule has 0 amide bonds. The molecule has 1 aromatic heterocycles. The Labute approximate surface area is 155 Å². The van der Waals surface area contributed by atoms with E-state index in [4.69, 9.17) is 4.74 Å². The monoisotopic (exact) mass is 353 g/mol. The van der Waals surface area contributed by atoms with Gasteiger partial charge in [0.15, 0.2) is 0 Å². The molecule has 0 N–H and O–H groups in total. The van der Waals surface area contributed by atoms with Crippen LogP contribution >= 0.6 is 0 Å². The van der Waals surface area contributed by atoms with E-state index in [1.165, 1.54) is 5.56 Å². The van der Waals surface area contributed by atoms with Crippen molar-refractivity contribution in [1.82, 2.24) is 9.97 Å². The highest BCUT2D eigenvalue weighted by Gasteiger charge is 2.28. The zero-order valence-corrected chi connectivity index (χ0v) is 15.8. The first-order valence-corrected chi connectivity index (χ1v) is 9.21. The highest BCUT2D eigenvalue weighted by atomic mass is 16.5. The van der Waals surface area contributed by atoms with Gasteiger partial charge in [0.1, 0.15) is 6.61 Å². The second-order valence-corrected chi connectivity index (χ2v) is 7.89. The molecule has 0 bridgehead atoms. The van der Waals surface area contributed by atoms with Gasteiger partial charge in [-0.2, -0.15) is 0 Å². The van der Waals surface area contributed by atoms with Gasteiger partial charge >= 0.3 is 5.97 Å². The lowest BCUT2D eigenvalue weighted by atomic mass is 9.87. The summed E-state index contributed by atoms with van der Waals surface area (Å²) in [6.45, 7) is 8.38. The summed E-state index contributed by atoms with van der Waals surface area (Å²) in [5.74, 6) is 0.426. The maximum atomic E-state index is 12.5. The van der Waals surface area contributed by atoms with Crippen LogP contribution in [0, 0.1) is 5.92 Å². The third-order valence-electron chi connectivity index (χ3n) is 4.79. The zero-order chi connectivity index (χ0) is 18.6. The number of hydrogen-bond acceptors (Lipinski definition) is 5. The largest absolute Gasteiger partial charge is 0.461 e. The van der Waals surface area contributed by atoms with E-state index in [2.05, 4.69) is 47.8 Å². The molecule has 3 rings (SSSR count). The van der Waals surface area contributed by atoms with E-state index in [9.17, 15) is 4.79 Å². The zero-order valence-electron chi connectivity index (χ0n) is 15.8. The highest BCUT2D eigenvalue weighted by molar-refractivity contribution is 5.73. The Balaban J connectivity index is 1.54. The molecular formula is C21H27N3O2. The number of benzene rings is 1. The summed E-state index contributed by atoms with van der Waals surface area (Å²) in [5.41, 5.74) is 2.42. The van der Waals surface area contributed by atoms with E-state index >= 15 is 0 Å². The van der Waals surface area contributed by atoms with Crippen LogP contribution in [0.5, 0.6) is 0 Å². The molecule has 1 aliphatic heterocycles. The first-order chi connectivity index (χ1) is 12.4. The Morgan fingerprint density at radius 3 is 2.54 bits per heavy atom. The van der Waals surface area contributed by atoms with Crippen LogP contribution in [0.3, 0.4) is 0 Å². The molecule has 0 unspecified atom stereocenters. The number of anilines is 1. The lowest BCUT2D eigenvalue weighted by Gasteiger charge is -2.31. The van der Waals surface area contributed by atoms with Gasteiger partial charge < -0.3 is 9.64 Å². The van der Waals surface area contributed by atoms with Gasteiger partial charge in [0.2, 0.25) is 5.95 Å². The van der Waals surface area contributed by atoms with Crippen molar-refractivity contribution in [1.29, 1.82) is 0 Å². The van der Waals surface area contributed by atoms with Gasteiger partial charge in [-0.1, -0.05) is 45.0 Å². The molecule has 1 fully saturated rings. The SMILES string of the molecule is CC(C)(C)c1ccc(COC(=O)[C@H]2CCCN(c3ncccn3)C2)cc1. The van der Waals surface area contributed by atoms with E-state index in [0.29, 0.717) is 19.1 Å². The average Bonchev–Trinajstić information content (AvgIpc) is 2.66. The van der Waals surface area contributed by atoms with Crippen LogP contribution in [0.15, 0.2) is 42.7 Å². The second-order valence-electron chi connectivity index (χ2n) is 7.89. The molecule has 0 aliphatic carbocycles. The summed E-state index contributed by atoms with van der Waals surface area (Å²) < 4.78 is 5.57. The Morgan fingerprint density at radius 2 is 1.88 bits per heavy atom. The number of rotatable bonds is 4. The second kappa shape index (κ2) is 7.85. The molecule has 5 nitrogen and oxygen atoms in total. The Hall–Kier alpha value is -2.43. The van der Waals surface area contributed by atoms with Gasteiger partial charge in [-0.3, -0.25) is 4.79 Å². The number of carbonyl (C=O) groups is 1. The normalized spacial score (nSPS) is 17.8. The number of esters is 1. The van der Waals surface area contributed by atoms with Crippen LogP contribution in [0.4, 0.5) is 5.95 Å². The summed E-state index contributed by atoms with van der Waals surface area (Å²) in [4.78, 5) is 23.1. The lowest BCUT2D eigenvalue weighted by Crippen LogP contribution is -2.40. The third-order valence-corrected chi connectivity index (χ3v) is 4.79. The fraction of sp³-hybridized carbons (Fsp3) is 0.476. The van der Waals surface area contributed by atoms with Crippen molar-refractivity contribution in [2.24, 2.45) is 5.92 Å². The lowest BCUT2D eigenvalue weighted by molar-refractivity contribution is -0.150. The topological polar surface area (TPSA) is 55.3 Å². The fourth-order valence-corrected chi connectivity index (χ4v) is 3.18. The molecule has 1 saturated heterocycles. The van der Waals surface area contributed by atoms with Crippen molar-refractivity contribution < 1.29 is 9.53 Å². The number of carbonyl (C=O) groups excluding carboxylic acids is 1. The van der Waals surface area contributed by atoms with Crippen LogP contribution in [-0.4, -0.2) is 29.0 Å². The number of aromatic nitrogens is 2. The predicted molar refractivity (Wildman–Crippen MR) is 102 cm³/mol. The first kappa shape index (κ1) is 18.4. The predicted octanol–water partition coefficient (Wildman–Crippen LogP) is 3.73. The molecule has 0 radical (unpaired) electrons. The molecule has 2 heterocycles. The van der Waals surface area contributed by atoms with E-state index in [0.717, 1.165) is 24.9 Å². The van der Waals surface area contributed by atoms with Crippen molar-refractivity contribution in [3.05, 3.63) is 53.9 Å². The van der Waals surface area contributed by atoms with E-state index in [-0.39, 0.29) is 17.3 Å². The average molecular weight is 353 g/mol. The first-order valence-electron chi connectivity index (χ1n) is 9.21. The maximum Gasteiger partial charge on any atom is 0.311 e. The summed E-state index contributed by atoms with van der Waals surface area (Å²) in [6, 6.07) is 10.1. The minimum Gasteiger partial charge on any atom is -0.461 e. The standard InChI is InChI=1S/C21H27N3O2/c1-21(2,3)18-9-7-16(8-10-18)15-26-19(25)17-6-4-13-24(14-17)20-22-11-5-12-23-20/h5,7-12,17H,4,6,13-15H2,1-3H3/t17-/m0/s1. The van der Waals surface area contributed by atoms with Crippen molar-refractivity contribution >= 4 is 11.9 Å². The van der Waals surface area contributed by atoms with E-state index in [1.54, 1.807) is 18.5 Å². The summed E-state index contributed by atoms with van der Waals surface area (Å²) in [7, 11) is 0. The quantitative estimate of drug-likeness (QED) is 0.784. The summed E-state index contributed by atoms with van der Waals surface area (Å²) in [6.07, 6.45) is 5.25. The Bertz CT molecular complexity index is 723. The Kier molecular flexibility index (Phi) is 5.55. The van der Waals surface area contributed by atoms with Crippen molar-refractivity contribution in [2.75, 3.05) is 18.0 Å². The van der Waals surface area contributed by atoms with Crippen molar-refractivity contribution in [2.45, 2.75) is 45.6 Å². The number of hydrogen-bond donors (Lipinski definition) is 0. The van der Waals surface area contributed by atoms with Crippen LogP contribution < -0.4 is 4.90 Å². The summed E-state index contributed by atoms with van der Waals surface area (Å²) in [5, 5.41) is 0. The van der Waals surface area contributed by atoms with Crippen molar-refractivity contribution in [3.63, 3.8) is 0 Å². The van der Waals surface area contributed by atoms with Crippen LogP contribution in [0.25, 0.3) is 0 Å². The number of ether oxygens (including phenoxy) is 1. The molecule has 138 valence electrons. The van der Waals surface area contributed by atoms with E-state index < -0.39 is 0 Å². The third kappa shape index (κ3) is 4.59. The van der Waals surface area contributed by atoms with Gasteiger partial charge in [0.25, 0.3) is 0 Å². The minimum absolute atomic E-state index is 0.124. The molecule has 2 aromatic rings. The van der Waals surface area contributed by atoms with Crippen LogP contribution in [-0.2, 0) is 21.6 Å². The minimum atomic E-state index is -0.134. The van der Waals surface area contributed by atoms with Gasteiger partial charge in [-0.05, 0) is 35.4 Å². The van der Waals surface area contributed by atoms with Gasteiger partial charge in [0, 0.05) is 25.5 Å². The molecule has 1 atom stereocenters. The van der Waals surface area contributed by atoms with E-state index in [1.807, 2.05) is 12.1 Å². The molecular weight excluding hydrogens is 326 g/mol. The molecule has 0 saturated carbocycles. The van der Waals surface area contributed by atoms with Crippen LogP contribution in [0.2, 0.25) is 0 Å². The maximum absolute atomic E-state index is 12.5. The van der Waals surface area contributed by atoms with Crippen LogP contribution in [0.1, 0.15) is 44.7 Å². The van der Waals surface area contributed by atoms with Gasteiger partial charge in [-0.15, -0.1) is 0 Å². The molecule has 26 heavy (non-hydrogen) atoms. The molecule has 1 aromatic carbocycles. The van der Waals surface area contributed by atoms with Crippen molar-refractivity contribution in [3.8, 4) is 0 Å². The Morgan fingerprint density at radius 1 is 1.19 bits per heavy atom. The smallest absolute Gasteiger partial charge is 0.311 e. The highest BCUT2D eigenvalue weighted by Crippen LogP contribution is 2.23. The summed E-state index contributed by atoms with van der Waals surface area (Å²) >= 11 is 0. The molecule has 1 aliphatic rings. The van der Waals surface area contributed by atoms with Gasteiger partial charge in [0.05, 0.1) is 5.92 Å². The fourth-order valence-electron chi connectivity index (χ4n) is 3.18. The van der Waals surface area contributed by atoms with Gasteiger partial charge in [-0.25, -0.2) is 9.97 Å². The molecule has 5 heteroatoms. The number of nitrogens with zero attached hydrogens (tertiary/aromatic N) is 3. The number of piperidine rings is 1. The molecule has 0 spiro atoms.